The fraction of sp³-hybridized carbons (Fsp3) is 0.115. The van der Waals surface area contributed by atoms with Crippen LogP contribution in [0.4, 0.5) is 11.4 Å². The average Bonchev–Trinajstić information content (AvgIpc) is 2.87. The Hall–Kier alpha value is -4.33. The molecule has 0 bridgehead atoms. The molecular weight excluding hydrogens is 546 g/mol. The van der Waals surface area contributed by atoms with Crippen LogP contribution in [0.15, 0.2) is 88.7 Å². The van der Waals surface area contributed by atoms with Crippen LogP contribution < -0.4 is 15.2 Å². The summed E-state index contributed by atoms with van der Waals surface area (Å²) >= 11 is 0. The summed E-state index contributed by atoms with van der Waals surface area (Å²) in [6.45, 7) is 2.79. The van der Waals surface area contributed by atoms with Crippen molar-refractivity contribution < 1.29 is 36.0 Å². The van der Waals surface area contributed by atoms with Crippen LogP contribution in [0.1, 0.15) is 29.8 Å². The quantitative estimate of drug-likeness (QED) is 0.189. The van der Waals surface area contributed by atoms with E-state index < -0.39 is 38.0 Å². The summed E-state index contributed by atoms with van der Waals surface area (Å²) in [6.07, 6.45) is 1.33. The molecule has 39 heavy (non-hydrogen) atoms. The normalized spacial score (nSPS) is 12.5. The van der Waals surface area contributed by atoms with Crippen molar-refractivity contribution in [1.82, 2.24) is 0 Å². The van der Waals surface area contributed by atoms with Gasteiger partial charge < -0.3 is 10.1 Å². The zero-order valence-corrected chi connectivity index (χ0v) is 22.5. The van der Waals surface area contributed by atoms with E-state index in [-0.39, 0.29) is 21.3 Å². The van der Waals surface area contributed by atoms with E-state index in [1.807, 2.05) is 0 Å². The van der Waals surface area contributed by atoms with E-state index in [9.17, 15) is 31.2 Å². The highest BCUT2D eigenvalue weighted by molar-refractivity contribution is 7.92. The van der Waals surface area contributed by atoms with E-state index in [2.05, 4.69) is 10.0 Å². The monoisotopic (exact) mass is 571 g/mol. The number of nitrogens with two attached hydrogens (primary N) is 1. The third-order valence-electron chi connectivity index (χ3n) is 5.22. The second kappa shape index (κ2) is 12.0. The van der Waals surface area contributed by atoms with Crippen molar-refractivity contribution >= 4 is 55.2 Å². The molecule has 0 aliphatic carbocycles. The molecule has 1 unspecified atom stereocenters. The van der Waals surface area contributed by atoms with Gasteiger partial charge in [0.1, 0.15) is 0 Å². The predicted molar refractivity (Wildman–Crippen MR) is 145 cm³/mol. The van der Waals surface area contributed by atoms with Crippen molar-refractivity contribution in [3.63, 3.8) is 0 Å². The molecule has 4 N–H and O–H groups in total. The topological polar surface area (TPSA) is 179 Å². The van der Waals surface area contributed by atoms with Gasteiger partial charge in [-0.15, -0.1) is 0 Å². The van der Waals surface area contributed by atoms with Crippen molar-refractivity contribution in [2.75, 3.05) is 10.0 Å². The molecule has 1 amide bonds. The smallest absolute Gasteiger partial charge is 0.331 e. The average molecular weight is 572 g/mol. The number of Topliss-reactive ketones (excluding diaryl/α,β-unsaturated/α-hetero) is 1. The minimum Gasteiger partial charge on any atom is -0.449 e. The van der Waals surface area contributed by atoms with Crippen LogP contribution in [0.25, 0.3) is 6.08 Å². The Labute approximate surface area is 225 Å². The number of esters is 1. The summed E-state index contributed by atoms with van der Waals surface area (Å²) in [5, 5.41) is 7.65. The summed E-state index contributed by atoms with van der Waals surface area (Å²) in [5.74, 6) is -1.55. The number of carbonyl (C=O) groups excluding carboxylic acids is 3. The number of ether oxygens (including phenoxy) is 1. The molecular formula is C26H25N3O8S2. The fourth-order valence-electron chi connectivity index (χ4n) is 3.20. The number of nitrogens with one attached hydrogen (secondary N) is 2. The minimum absolute atomic E-state index is 0.0120. The number of primary sulfonamides is 1. The standard InChI is InChI=1S/C26H25N3O8S2/c1-17(30)20-5-3-6-21(15-20)28-26(32)18(2)37-25(31)14-11-19-9-12-23(13-10-19)39(35,36)29-22-7-4-8-24(16-22)38(27,33)34/h3-16,18,29H,1-2H3,(H,28,32)(H2,27,33,34)/b14-11+. The number of anilines is 2. The number of sulfonamides is 2. The SMILES string of the molecule is CC(=O)c1cccc(NC(=O)C(C)OC(=O)/C=C/c2ccc(S(=O)(=O)Nc3cccc(S(N)(=O)=O)c3)cc2)c1. The van der Waals surface area contributed by atoms with Crippen LogP contribution in [0, 0.1) is 0 Å². The summed E-state index contributed by atoms with van der Waals surface area (Å²) in [7, 11) is -8.06. The van der Waals surface area contributed by atoms with Crippen LogP contribution in [0.5, 0.6) is 0 Å². The zero-order valence-electron chi connectivity index (χ0n) is 20.8. The van der Waals surface area contributed by atoms with E-state index in [0.29, 0.717) is 16.8 Å². The third-order valence-corrected chi connectivity index (χ3v) is 7.52. The maximum Gasteiger partial charge on any atom is 0.331 e. The molecule has 1 atom stereocenters. The Morgan fingerprint density at radius 1 is 0.872 bits per heavy atom. The van der Waals surface area contributed by atoms with Gasteiger partial charge in [0.25, 0.3) is 15.9 Å². The first-order valence-electron chi connectivity index (χ1n) is 11.3. The number of benzene rings is 3. The van der Waals surface area contributed by atoms with Crippen LogP contribution in [0.3, 0.4) is 0 Å². The molecule has 0 saturated heterocycles. The molecule has 0 spiro atoms. The lowest BCUT2D eigenvalue weighted by atomic mass is 10.1. The second-order valence-corrected chi connectivity index (χ2v) is 11.5. The Morgan fingerprint density at radius 3 is 2.15 bits per heavy atom. The van der Waals surface area contributed by atoms with Crippen LogP contribution >= 0.6 is 0 Å². The number of ketones is 1. The van der Waals surface area contributed by atoms with E-state index in [4.69, 9.17) is 9.88 Å². The highest BCUT2D eigenvalue weighted by Gasteiger charge is 2.18. The molecule has 0 radical (unpaired) electrons. The van der Waals surface area contributed by atoms with E-state index >= 15 is 0 Å². The molecule has 3 rings (SSSR count). The summed E-state index contributed by atoms with van der Waals surface area (Å²) in [4.78, 5) is 35.6. The van der Waals surface area contributed by atoms with Gasteiger partial charge in [0, 0.05) is 17.3 Å². The van der Waals surface area contributed by atoms with Gasteiger partial charge in [-0.3, -0.25) is 14.3 Å². The van der Waals surface area contributed by atoms with Crippen molar-refractivity contribution in [2.45, 2.75) is 29.7 Å². The van der Waals surface area contributed by atoms with Gasteiger partial charge in [-0.25, -0.2) is 26.8 Å². The highest BCUT2D eigenvalue weighted by Crippen LogP contribution is 2.20. The zero-order chi connectivity index (χ0) is 28.8. The van der Waals surface area contributed by atoms with Crippen molar-refractivity contribution in [1.29, 1.82) is 0 Å². The first kappa shape index (κ1) is 29.2. The predicted octanol–water partition coefficient (Wildman–Crippen LogP) is 2.92. The number of rotatable bonds is 10. The first-order chi connectivity index (χ1) is 18.2. The molecule has 0 aliphatic heterocycles. The largest absolute Gasteiger partial charge is 0.449 e. The van der Waals surface area contributed by atoms with E-state index in [0.717, 1.165) is 12.1 Å². The molecule has 0 aliphatic rings. The van der Waals surface area contributed by atoms with E-state index in [1.165, 1.54) is 68.5 Å². The maximum atomic E-state index is 12.7. The lowest BCUT2D eigenvalue weighted by molar-refractivity contribution is -0.148. The number of hydrogen-bond acceptors (Lipinski definition) is 8. The second-order valence-electron chi connectivity index (χ2n) is 8.29. The van der Waals surface area contributed by atoms with Gasteiger partial charge >= 0.3 is 5.97 Å². The van der Waals surface area contributed by atoms with Gasteiger partial charge in [-0.1, -0.05) is 30.3 Å². The number of hydrogen-bond donors (Lipinski definition) is 3. The van der Waals surface area contributed by atoms with Crippen LogP contribution in [0.2, 0.25) is 0 Å². The molecule has 3 aromatic rings. The van der Waals surface area contributed by atoms with Gasteiger partial charge in [0.15, 0.2) is 11.9 Å². The summed E-state index contributed by atoms with van der Waals surface area (Å²) < 4.78 is 55.7. The van der Waals surface area contributed by atoms with Crippen LogP contribution in [-0.2, 0) is 34.4 Å². The number of carbonyl (C=O) groups is 3. The lowest BCUT2D eigenvalue weighted by Gasteiger charge is -2.12. The van der Waals surface area contributed by atoms with Gasteiger partial charge in [0.2, 0.25) is 10.0 Å². The van der Waals surface area contributed by atoms with Crippen molar-refractivity contribution in [2.24, 2.45) is 5.14 Å². The summed E-state index contributed by atoms with van der Waals surface area (Å²) in [5.41, 5.74) is 1.29. The molecule has 3 aromatic carbocycles. The van der Waals surface area contributed by atoms with Gasteiger partial charge in [-0.2, -0.15) is 0 Å². The first-order valence-corrected chi connectivity index (χ1v) is 14.3. The number of amides is 1. The third kappa shape index (κ3) is 8.33. The Bertz CT molecular complexity index is 1650. The maximum absolute atomic E-state index is 12.7. The lowest BCUT2D eigenvalue weighted by Crippen LogP contribution is -2.29. The van der Waals surface area contributed by atoms with E-state index in [1.54, 1.807) is 18.2 Å². The minimum atomic E-state index is -4.05. The molecule has 0 fully saturated rings. The molecule has 0 saturated carbocycles. The fourth-order valence-corrected chi connectivity index (χ4v) is 4.81. The molecule has 0 aromatic heterocycles. The summed E-state index contributed by atoms with van der Waals surface area (Å²) in [6, 6.07) is 16.9. The van der Waals surface area contributed by atoms with Crippen molar-refractivity contribution in [3.05, 3.63) is 90.0 Å². The van der Waals surface area contributed by atoms with Gasteiger partial charge in [-0.05, 0) is 68.0 Å². The molecule has 204 valence electrons. The Balaban J connectivity index is 1.59. The molecule has 11 nitrogen and oxygen atoms in total. The van der Waals surface area contributed by atoms with Crippen molar-refractivity contribution in [3.8, 4) is 0 Å². The Kier molecular flexibility index (Phi) is 9.01. The highest BCUT2D eigenvalue weighted by atomic mass is 32.2. The Morgan fingerprint density at radius 2 is 1.51 bits per heavy atom. The molecule has 13 heteroatoms. The molecule has 0 heterocycles. The van der Waals surface area contributed by atoms with Gasteiger partial charge in [0.05, 0.1) is 15.5 Å². The van der Waals surface area contributed by atoms with Crippen LogP contribution in [-0.4, -0.2) is 40.6 Å².